The van der Waals surface area contributed by atoms with E-state index in [0.717, 1.165) is 19.3 Å². The predicted molar refractivity (Wildman–Crippen MR) is 101 cm³/mol. The molecule has 2 rings (SSSR count). The number of amides is 1. The minimum absolute atomic E-state index is 0.171. The molecule has 134 valence electrons. The van der Waals surface area contributed by atoms with Crippen molar-refractivity contribution >= 4 is 17.5 Å². The SMILES string of the molecule is CCCOc1c(Cl)cc(C(=O)NCCCc2ccccc2)cc1OC. The zero-order chi connectivity index (χ0) is 18.1. The Morgan fingerprint density at radius 2 is 1.96 bits per heavy atom. The number of benzene rings is 2. The molecule has 0 saturated heterocycles. The normalized spacial score (nSPS) is 10.4. The molecule has 0 aliphatic heterocycles. The maximum atomic E-state index is 12.3. The Balaban J connectivity index is 1.93. The first-order chi connectivity index (χ1) is 12.2. The Kier molecular flexibility index (Phi) is 7.61. The van der Waals surface area contributed by atoms with Gasteiger partial charge in [-0.05, 0) is 37.0 Å². The van der Waals surface area contributed by atoms with Gasteiger partial charge in [-0.3, -0.25) is 4.79 Å². The van der Waals surface area contributed by atoms with Crippen molar-refractivity contribution in [3.63, 3.8) is 0 Å². The highest BCUT2D eigenvalue weighted by molar-refractivity contribution is 6.32. The van der Waals surface area contributed by atoms with Crippen molar-refractivity contribution in [3.05, 3.63) is 58.6 Å². The van der Waals surface area contributed by atoms with Crippen LogP contribution in [-0.4, -0.2) is 26.2 Å². The van der Waals surface area contributed by atoms with Crippen molar-refractivity contribution in [2.75, 3.05) is 20.3 Å². The molecular formula is C20H24ClNO3. The number of hydrogen-bond acceptors (Lipinski definition) is 3. The average molecular weight is 362 g/mol. The molecule has 5 heteroatoms. The van der Waals surface area contributed by atoms with E-state index < -0.39 is 0 Å². The molecule has 0 heterocycles. The summed E-state index contributed by atoms with van der Waals surface area (Å²) in [6.45, 7) is 3.15. The van der Waals surface area contributed by atoms with Gasteiger partial charge in [0.2, 0.25) is 0 Å². The van der Waals surface area contributed by atoms with Crippen LogP contribution in [0.2, 0.25) is 5.02 Å². The standard InChI is InChI=1S/C20H24ClNO3/c1-3-12-25-19-17(21)13-16(14-18(19)24-2)20(23)22-11-7-10-15-8-5-4-6-9-15/h4-6,8-9,13-14H,3,7,10-12H2,1-2H3,(H,22,23). The second-order valence-corrected chi connectivity index (χ2v) is 6.09. The summed E-state index contributed by atoms with van der Waals surface area (Å²) in [5, 5.41) is 3.29. The van der Waals surface area contributed by atoms with Gasteiger partial charge >= 0.3 is 0 Å². The van der Waals surface area contributed by atoms with Crippen molar-refractivity contribution in [3.8, 4) is 11.5 Å². The number of nitrogens with one attached hydrogen (secondary N) is 1. The molecule has 0 atom stereocenters. The first-order valence-electron chi connectivity index (χ1n) is 8.48. The summed E-state index contributed by atoms with van der Waals surface area (Å²) in [7, 11) is 1.53. The van der Waals surface area contributed by atoms with Crippen LogP contribution in [0.1, 0.15) is 35.7 Å². The molecule has 0 aliphatic rings. The number of methoxy groups -OCH3 is 1. The molecule has 1 amide bonds. The Morgan fingerprint density at radius 3 is 2.64 bits per heavy atom. The molecule has 2 aromatic rings. The molecule has 1 N–H and O–H groups in total. The van der Waals surface area contributed by atoms with Crippen LogP contribution < -0.4 is 14.8 Å². The third kappa shape index (κ3) is 5.68. The van der Waals surface area contributed by atoms with Crippen molar-refractivity contribution < 1.29 is 14.3 Å². The van der Waals surface area contributed by atoms with Gasteiger partial charge in [0, 0.05) is 12.1 Å². The summed E-state index contributed by atoms with van der Waals surface area (Å²) in [6, 6.07) is 13.5. The summed E-state index contributed by atoms with van der Waals surface area (Å²) in [4.78, 5) is 12.3. The van der Waals surface area contributed by atoms with Crippen LogP contribution in [-0.2, 0) is 6.42 Å². The summed E-state index contributed by atoms with van der Waals surface area (Å²) in [5.41, 5.74) is 1.73. The van der Waals surface area contributed by atoms with Gasteiger partial charge in [-0.2, -0.15) is 0 Å². The van der Waals surface area contributed by atoms with E-state index in [1.165, 1.54) is 12.7 Å². The molecule has 4 nitrogen and oxygen atoms in total. The van der Waals surface area contributed by atoms with Gasteiger partial charge < -0.3 is 14.8 Å². The lowest BCUT2D eigenvalue weighted by Gasteiger charge is -2.14. The van der Waals surface area contributed by atoms with E-state index >= 15 is 0 Å². The lowest BCUT2D eigenvalue weighted by molar-refractivity contribution is 0.0953. The quantitative estimate of drug-likeness (QED) is 0.669. The van der Waals surface area contributed by atoms with E-state index in [1.54, 1.807) is 12.1 Å². The van der Waals surface area contributed by atoms with Gasteiger partial charge in [-0.15, -0.1) is 0 Å². The summed E-state index contributed by atoms with van der Waals surface area (Å²) < 4.78 is 10.9. The Labute approximate surface area is 154 Å². The number of carbonyl (C=O) groups is 1. The first kappa shape index (κ1) is 19.1. The zero-order valence-electron chi connectivity index (χ0n) is 14.7. The maximum Gasteiger partial charge on any atom is 0.251 e. The number of rotatable bonds is 9. The van der Waals surface area contributed by atoms with Crippen LogP contribution in [0.25, 0.3) is 0 Å². The highest BCUT2D eigenvalue weighted by atomic mass is 35.5. The van der Waals surface area contributed by atoms with E-state index in [9.17, 15) is 4.79 Å². The topological polar surface area (TPSA) is 47.6 Å². The van der Waals surface area contributed by atoms with E-state index in [2.05, 4.69) is 17.4 Å². The lowest BCUT2D eigenvalue weighted by Crippen LogP contribution is -2.24. The molecule has 25 heavy (non-hydrogen) atoms. The average Bonchev–Trinajstić information content (AvgIpc) is 2.64. The van der Waals surface area contributed by atoms with E-state index in [0.29, 0.717) is 35.2 Å². The number of ether oxygens (including phenoxy) is 2. The molecule has 0 bridgehead atoms. The molecule has 0 unspecified atom stereocenters. The van der Waals surface area contributed by atoms with E-state index in [1.807, 2.05) is 25.1 Å². The molecule has 0 radical (unpaired) electrons. The van der Waals surface area contributed by atoms with Gasteiger partial charge in [0.25, 0.3) is 5.91 Å². The van der Waals surface area contributed by atoms with Gasteiger partial charge in [0.05, 0.1) is 18.7 Å². The number of hydrogen-bond donors (Lipinski definition) is 1. The Bertz CT molecular complexity index is 689. The van der Waals surface area contributed by atoms with Gasteiger partial charge in [0.15, 0.2) is 11.5 Å². The smallest absolute Gasteiger partial charge is 0.251 e. The zero-order valence-corrected chi connectivity index (χ0v) is 15.4. The molecular weight excluding hydrogens is 338 g/mol. The second kappa shape index (κ2) is 9.94. The highest BCUT2D eigenvalue weighted by Gasteiger charge is 2.15. The molecule has 0 spiro atoms. The monoisotopic (exact) mass is 361 g/mol. The minimum Gasteiger partial charge on any atom is -0.493 e. The number of aryl methyl sites for hydroxylation is 1. The summed E-state index contributed by atoms with van der Waals surface area (Å²) >= 11 is 6.25. The van der Waals surface area contributed by atoms with Crippen molar-refractivity contribution in [2.24, 2.45) is 0 Å². The minimum atomic E-state index is -0.171. The number of halogens is 1. The van der Waals surface area contributed by atoms with Gasteiger partial charge in [0.1, 0.15) is 0 Å². The molecule has 0 aromatic heterocycles. The second-order valence-electron chi connectivity index (χ2n) is 5.68. The van der Waals surface area contributed by atoms with Crippen LogP contribution in [0.15, 0.2) is 42.5 Å². The third-order valence-corrected chi connectivity index (χ3v) is 3.99. The van der Waals surface area contributed by atoms with Crippen molar-refractivity contribution in [1.82, 2.24) is 5.32 Å². The summed E-state index contributed by atoms with van der Waals surface area (Å²) in [5.74, 6) is 0.775. The van der Waals surface area contributed by atoms with Crippen LogP contribution in [0, 0.1) is 0 Å². The van der Waals surface area contributed by atoms with Crippen LogP contribution in [0.3, 0.4) is 0 Å². The fourth-order valence-electron chi connectivity index (χ4n) is 2.44. The Morgan fingerprint density at radius 1 is 1.20 bits per heavy atom. The summed E-state index contributed by atoms with van der Waals surface area (Å²) in [6.07, 6.45) is 2.66. The molecule has 0 aliphatic carbocycles. The van der Waals surface area contributed by atoms with Crippen LogP contribution in [0.5, 0.6) is 11.5 Å². The predicted octanol–water partition coefficient (Wildman–Crippen LogP) is 4.50. The fraction of sp³-hybridized carbons (Fsp3) is 0.350. The largest absolute Gasteiger partial charge is 0.493 e. The van der Waals surface area contributed by atoms with E-state index in [-0.39, 0.29) is 5.91 Å². The highest BCUT2D eigenvalue weighted by Crippen LogP contribution is 2.36. The fourth-order valence-corrected chi connectivity index (χ4v) is 2.70. The maximum absolute atomic E-state index is 12.3. The lowest BCUT2D eigenvalue weighted by atomic mass is 10.1. The van der Waals surface area contributed by atoms with Crippen molar-refractivity contribution in [1.29, 1.82) is 0 Å². The van der Waals surface area contributed by atoms with Gasteiger partial charge in [-0.1, -0.05) is 48.9 Å². The first-order valence-corrected chi connectivity index (χ1v) is 8.86. The van der Waals surface area contributed by atoms with Crippen molar-refractivity contribution in [2.45, 2.75) is 26.2 Å². The Hall–Kier alpha value is -2.20. The molecule has 2 aromatic carbocycles. The third-order valence-electron chi connectivity index (χ3n) is 3.71. The van der Waals surface area contributed by atoms with E-state index in [4.69, 9.17) is 21.1 Å². The number of carbonyl (C=O) groups excluding carboxylic acids is 1. The van der Waals surface area contributed by atoms with Crippen LogP contribution in [0.4, 0.5) is 0 Å². The molecule has 0 fully saturated rings. The van der Waals surface area contributed by atoms with Crippen LogP contribution >= 0.6 is 11.6 Å². The van der Waals surface area contributed by atoms with Gasteiger partial charge in [-0.25, -0.2) is 0 Å². The molecule has 0 saturated carbocycles.